The fourth-order valence-corrected chi connectivity index (χ4v) is 7.16. The highest BCUT2D eigenvalue weighted by Gasteiger charge is 2.40. The number of nitrogens with zero attached hydrogens (tertiary/aromatic N) is 1. The predicted octanol–water partition coefficient (Wildman–Crippen LogP) is 8.07. The Labute approximate surface area is 291 Å². The molecule has 3 N–H and O–H groups in total. The number of carbonyl (C=O) groups is 1. The van der Waals surface area contributed by atoms with Crippen molar-refractivity contribution in [3.63, 3.8) is 0 Å². The number of aliphatic hydroxyl groups excluding tert-OH is 1. The molecule has 1 aliphatic heterocycles. The molecule has 6 rings (SSSR count). The Morgan fingerprint density at radius 1 is 0.837 bits per heavy atom. The predicted molar refractivity (Wildman–Crippen MR) is 194 cm³/mol. The number of nitrogens with one attached hydrogen (secondary N) is 2. The van der Waals surface area contributed by atoms with E-state index < -0.39 is 6.29 Å². The second kappa shape index (κ2) is 16.9. The SMILES string of the molecule is C=CCN(CC1OC(c2ccc(-c3ccccc3CNC(=O)NCc3ccccc3)cc2)OC(c2ccc(CO)cc2)C1C)C1CCCC1. The van der Waals surface area contributed by atoms with Crippen molar-refractivity contribution in [1.29, 1.82) is 0 Å². The van der Waals surface area contributed by atoms with Gasteiger partial charge in [-0.15, -0.1) is 6.58 Å². The van der Waals surface area contributed by atoms with Gasteiger partial charge >= 0.3 is 6.03 Å². The quantitative estimate of drug-likeness (QED) is 0.127. The minimum absolute atomic E-state index is 0.0145. The zero-order valence-electron chi connectivity index (χ0n) is 28.5. The number of amides is 2. The smallest absolute Gasteiger partial charge is 0.315 e. The third-order valence-electron chi connectivity index (χ3n) is 9.99. The second-order valence-electron chi connectivity index (χ2n) is 13.3. The molecule has 0 aromatic heterocycles. The van der Waals surface area contributed by atoms with Gasteiger partial charge in [0.1, 0.15) is 0 Å². The van der Waals surface area contributed by atoms with Crippen LogP contribution >= 0.6 is 0 Å². The molecule has 4 unspecified atom stereocenters. The summed E-state index contributed by atoms with van der Waals surface area (Å²) in [6.45, 7) is 8.84. The van der Waals surface area contributed by atoms with E-state index in [1.165, 1.54) is 25.7 Å². The van der Waals surface area contributed by atoms with Crippen LogP contribution in [0.3, 0.4) is 0 Å². The summed E-state index contributed by atoms with van der Waals surface area (Å²) in [4.78, 5) is 15.1. The van der Waals surface area contributed by atoms with Crippen LogP contribution in [0.4, 0.5) is 4.79 Å². The first-order chi connectivity index (χ1) is 24.0. The molecule has 2 amide bonds. The van der Waals surface area contributed by atoms with Crippen LogP contribution in [0.25, 0.3) is 11.1 Å². The molecule has 0 radical (unpaired) electrons. The molecule has 256 valence electrons. The average molecular weight is 660 g/mol. The fourth-order valence-electron chi connectivity index (χ4n) is 7.16. The summed E-state index contributed by atoms with van der Waals surface area (Å²) in [6, 6.07) is 34.9. The summed E-state index contributed by atoms with van der Waals surface area (Å²) in [5.74, 6) is 0.119. The van der Waals surface area contributed by atoms with Crippen LogP contribution in [-0.4, -0.2) is 41.3 Å². The third-order valence-corrected chi connectivity index (χ3v) is 9.99. The van der Waals surface area contributed by atoms with E-state index in [9.17, 15) is 9.90 Å². The maximum atomic E-state index is 12.6. The lowest BCUT2D eigenvalue weighted by atomic mass is 9.89. The van der Waals surface area contributed by atoms with Crippen LogP contribution in [0.15, 0.2) is 116 Å². The van der Waals surface area contributed by atoms with Crippen molar-refractivity contribution < 1.29 is 19.4 Å². The molecule has 2 aliphatic rings. The van der Waals surface area contributed by atoms with E-state index in [1.807, 2.05) is 66.7 Å². The first-order valence-corrected chi connectivity index (χ1v) is 17.6. The Bertz CT molecular complexity index is 1640. The minimum Gasteiger partial charge on any atom is -0.392 e. The van der Waals surface area contributed by atoms with Crippen molar-refractivity contribution in [2.75, 3.05) is 13.1 Å². The van der Waals surface area contributed by atoms with Crippen molar-refractivity contribution in [3.8, 4) is 11.1 Å². The molecule has 0 spiro atoms. The Hall–Kier alpha value is -4.27. The van der Waals surface area contributed by atoms with E-state index in [-0.39, 0.29) is 30.8 Å². The van der Waals surface area contributed by atoms with Gasteiger partial charge in [0.15, 0.2) is 6.29 Å². The van der Waals surface area contributed by atoms with Gasteiger partial charge in [0.05, 0.1) is 18.8 Å². The highest BCUT2D eigenvalue weighted by Crippen LogP contribution is 2.42. The van der Waals surface area contributed by atoms with E-state index in [2.05, 4.69) is 71.5 Å². The van der Waals surface area contributed by atoms with E-state index in [1.54, 1.807) is 0 Å². The number of rotatable bonds is 13. The number of hydrogen-bond acceptors (Lipinski definition) is 5. The van der Waals surface area contributed by atoms with Gasteiger partial charge in [0.2, 0.25) is 0 Å². The Morgan fingerprint density at radius 3 is 2.22 bits per heavy atom. The fraction of sp³-hybridized carbons (Fsp3) is 0.357. The summed E-state index contributed by atoms with van der Waals surface area (Å²) in [5, 5.41) is 15.6. The zero-order chi connectivity index (χ0) is 34.0. The van der Waals surface area contributed by atoms with Gasteiger partial charge in [-0.05, 0) is 46.2 Å². The Morgan fingerprint density at radius 2 is 1.51 bits per heavy atom. The molecular weight excluding hydrogens is 610 g/mol. The molecule has 7 nitrogen and oxygen atoms in total. The standard InChI is InChI=1S/C42H49N3O4/c1-3-25-45(37-14-8-9-15-37)28-39-30(2)40(34-19-17-32(29-46)18-20-34)49-41(48-39)35-23-21-33(22-24-35)38-16-10-7-13-36(38)27-44-42(47)43-26-31-11-5-4-6-12-31/h3-7,10-13,16-24,30,37,39-41,46H,1,8-9,14-15,25-29H2,2H3,(H2,43,44,47). The average Bonchev–Trinajstić information content (AvgIpc) is 3.70. The molecule has 2 fully saturated rings. The first-order valence-electron chi connectivity index (χ1n) is 17.6. The van der Waals surface area contributed by atoms with E-state index >= 15 is 0 Å². The maximum absolute atomic E-state index is 12.6. The number of carbonyl (C=O) groups excluding carboxylic acids is 1. The van der Waals surface area contributed by atoms with Crippen molar-refractivity contribution in [2.24, 2.45) is 5.92 Å². The van der Waals surface area contributed by atoms with Crippen molar-refractivity contribution in [1.82, 2.24) is 15.5 Å². The molecule has 1 heterocycles. The van der Waals surface area contributed by atoms with Gasteiger partial charge in [-0.2, -0.15) is 0 Å². The van der Waals surface area contributed by atoms with E-state index in [0.717, 1.165) is 52.0 Å². The van der Waals surface area contributed by atoms with Crippen LogP contribution in [-0.2, 0) is 29.2 Å². The molecule has 1 saturated carbocycles. The lowest BCUT2D eigenvalue weighted by molar-refractivity contribution is -0.276. The van der Waals surface area contributed by atoms with Crippen LogP contribution in [0.1, 0.15) is 72.8 Å². The summed E-state index contributed by atoms with van der Waals surface area (Å²) in [7, 11) is 0. The van der Waals surface area contributed by atoms with Crippen LogP contribution in [0, 0.1) is 5.92 Å². The number of benzene rings is 4. The second-order valence-corrected chi connectivity index (χ2v) is 13.3. The molecule has 4 atom stereocenters. The van der Waals surface area contributed by atoms with Gasteiger partial charge in [-0.25, -0.2) is 4.79 Å². The summed E-state index contributed by atoms with van der Waals surface area (Å²) in [6.07, 6.45) is 6.27. The molecule has 0 bridgehead atoms. The zero-order valence-corrected chi connectivity index (χ0v) is 28.5. The van der Waals surface area contributed by atoms with Gasteiger partial charge in [0, 0.05) is 43.7 Å². The topological polar surface area (TPSA) is 83.1 Å². The van der Waals surface area contributed by atoms with Gasteiger partial charge in [0.25, 0.3) is 0 Å². The number of ether oxygens (including phenoxy) is 2. The Balaban J connectivity index is 1.18. The molecular formula is C42H49N3O4. The number of hydrogen-bond donors (Lipinski definition) is 3. The largest absolute Gasteiger partial charge is 0.392 e. The maximum Gasteiger partial charge on any atom is 0.315 e. The van der Waals surface area contributed by atoms with Crippen molar-refractivity contribution in [3.05, 3.63) is 144 Å². The number of urea groups is 1. The van der Waals surface area contributed by atoms with Crippen LogP contribution in [0.2, 0.25) is 0 Å². The number of aliphatic hydroxyl groups is 1. The molecule has 4 aromatic carbocycles. The van der Waals surface area contributed by atoms with Crippen LogP contribution in [0.5, 0.6) is 0 Å². The van der Waals surface area contributed by atoms with E-state index in [4.69, 9.17) is 9.47 Å². The minimum atomic E-state index is -0.530. The van der Waals surface area contributed by atoms with Gasteiger partial charge in [-0.3, -0.25) is 4.90 Å². The molecule has 1 aliphatic carbocycles. The highest BCUT2D eigenvalue weighted by molar-refractivity contribution is 5.75. The van der Waals surface area contributed by atoms with Gasteiger partial charge < -0.3 is 25.2 Å². The van der Waals surface area contributed by atoms with Crippen molar-refractivity contribution >= 4 is 6.03 Å². The first kappa shape index (κ1) is 34.6. The molecule has 49 heavy (non-hydrogen) atoms. The molecule has 4 aromatic rings. The van der Waals surface area contributed by atoms with Crippen LogP contribution < -0.4 is 10.6 Å². The third kappa shape index (κ3) is 8.86. The van der Waals surface area contributed by atoms with E-state index in [0.29, 0.717) is 19.1 Å². The monoisotopic (exact) mass is 659 g/mol. The lowest BCUT2D eigenvalue weighted by Crippen LogP contribution is -2.47. The summed E-state index contributed by atoms with van der Waals surface area (Å²) < 4.78 is 13.6. The Kier molecular flexibility index (Phi) is 11.9. The summed E-state index contributed by atoms with van der Waals surface area (Å²) in [5.41, 5.74) is 7.14. The highest BCUT2D eigenvalue weighted by atomic mass is 16.7. The molecule has 1 saturated heterocycles. The van der Waals surface area contributed by atoms with Crippen molar-refractivity contribution in [2.45, 2.75) is 76.8 Å². The summed E-state index contributed by atoms with van der Waals surface area (Å²) >= 11 is 0. The lowest BCUT2D eigenvalue weighted by Gasteiger charge is -2.43. The molecule has 7 heteroatoms. The van der Waals surface area contributed by atoms with Gasteiger partial charge in [-0.1, -0.05) is 129 Å². The normalized spacial score (nSPS) is 21.0.